The normalized spacial score (nSPS) is 12.8. The van der Waals surface area contributed by atoms with Gasteiger partial charge >= 0.3 is 18.2 Å². The predicted octanol–water partition coefficient (Wildman–Crippen LogP) is 4.44. The Hall–Kier alpha value is -3.65. The van der Waals surface area contributed by atoms with E-state index in [1.165, 1.54) is 36.4 Å². The quantitative estimate of drug-likeness (QED) is 0.233. The molecule has 13 heteroatoms. The molecule has 0 fully saturated rings. The Bertz CT molecular complexity index is 1230. The number of aliphatic hydroxyl groups is 2. The summed E-state index contributed by atoms with van der Waals surface area (Å²) in [6.45, 7) is 0.0331. The Morgan fingerprint density at radius 3 is 2.23 bits per heavy atom. The van der Waals surface area contributed by atoms with Gasteiger partial charge in [0, 0.05) is 22.7 Å². The molecule has 3 rings (SSSR count). The number of nitrogens with one attached hydrogen (secondary N) is 2. The lowest BCUT2D eigenvalue weighted by Crippen LogP contribution is -2.41. The lowest BCUT2D eigenvalue weighted by Gasteiger charge is -2.22. The molecule has 0 aliphatic heterocycles. The van der Waals surface area contributed by atoms with Gasteiger partial charge in [0.25, 0.3) is 0 Å². The average molecular weight is 626 g/mol. The third kappa shape index (κ3) is 9.83. The number of carbonyl (C=O) groups is 2. The van der Waals surface area contributed by atoms with Crippen LogP contribution in [-0.4, -0.2) is 60.3 Å². The molecule has 9 nitrogen and oxygen atoms in total. The highest BCUT2D eigenvalue weighted by atomic mass is 79.9. The molecule has 4 N–H and O–H groups in total. The van der Waals surface area contributed by atoms with Gasteiger partial charge in [0.1, 0.15) is 18.5 Å². The molecule has 0 unspecified atom stereocenters. The number of amides is 2. The molecule has 3 aromatic rings. The van der Waals surface area contributed by atoms with Crippen molar-refractivity contribution < 1.29 is 42.5 Å². The third-order valence-corrected chi connectivity index (χ3v) is 5.92. The number of hydroxylamine groups is 1. The number of rotatable bonds is 11. The summed E-state index contributed by atoms with van der Waals surface area (Å²) in [5.74, 6) is -1.92. The number of aliphatic hydroxyl groups excluding tert-OH is 2. The van der Waals surface area contributed by atoms with Crippen molar-refractivity contribution in [2.75, 3.05) is 30.1 Å². The molecule has 0 aliphatic rings. The Labute approximate surface area is 236 Å². The second kappa shape index (κ2) is 14.7. The first-order valence-electron chi connectivity index (χ1n) is 12.0. The number of carbonyl (C=O) groups excluding carboxylic acids is 2. The lowest BCUT2D eigenvalue weighted by molar-refractivity contribution is -0.199. The highest BCUT2D eigenvalue weighted by molar-refractivity contribution is 9.10. The Balaban J connectivity index is 1.56. The third-order valence-electron chi connectivity index (χ3n) is 5.39. The topological polar surface area (TPSA) is 120 Å². The fraction of sp³-hybridized carbons (Fsp3) is 0.259. The maximum absolute atomic E-state index is 12.8. The van der Waals surface area contributed by atoms with Crippen LogP contribution in [0.5, 0.6) is 5.75 Å². The van der Waals surface area contributed by atoms with Crippen molar-refractivity contribution in [3.63, 3.8) is 0 Å². The second-order valence-electron chi connectivity index (χ2n) is 8.54. The summed E-state index contributed by atoms with van der Waals surface area (Å²) < 4.78 is 44.5. The molecule has 40 heavy (non-hydrogen) atoms. The van der Waals surface area contributed by atoms with Gasteiger partial charge in [-0.3, -0.25) is 0 Å². The summed E-state index contributed by atoms with van der Waals surface area (Å²) in [4.78, 5) is 28.5. The maximum atomic E-state index is 12.8. The molecular weight excluding hydrogens is 599 g/mol. The zero-order valence-corrected chi connectivity index (χ0v) is 22.6. The summed E-state index contributed by atoms with van der Waals surface area (Å²) in [6.07, 6.45) is -5.74. The van der Waals surface area contributed by atoms with Crippen LogP contribution in [0.2, 0.25) is 0 Å². The van der Waals surface area contributed by atoms with Crippen LogP contribution in [-0.2, 0) is 16.1 Å². The number of hydrogen-bond donors (Lipinski definition) is 4. The molecule has 0 radical (unpaired) electrons. The molecule has 214 valence electrons. The van der Waals surface area contributed by atoms with Crippen LogP contribution in [0.25, 0.3) is 0 Å². The molecule has 0 spiro atoms. The number of para-hydroxylation sites is 1. The minimum atomic E-state index is -5.31. The van der Waals surface area contributed by atoms with Gasteiger partial charge in [-0.1, -0.05) is 46.3 Å². The van der Waals surface area contributed by atoms with Crippen LogP contribution in [0.3, 0.4) is 0 Å². The Morgan fingerprint density at radius 2 is 1.62 bits per heavy atom. The van der Waals surface area contributed by atoms with Gasteiger partial charge in [0.15, 0.2) is 0 Å². The maximum Gasteiger partial charge on any atom is 0.493 e. The van der Waals surface area contributed by atoms with Crippen molar-refractivity contribution in [3.8, 4) is 5.75 Å². The van der Waals surface area contributed by atoms with Gasteiger partial charge in [-0.15, -0.1) is 5.06 Å². The number of urea groups is 1. The summed E-state index contributed by atoms with van der Waals surface area (Å²) in [5, 5.41) is 25.6. The molecule has 2 amide bonds. The Kier molecular flexibility index (Phi) is 11.3. The van der Waals surface area contributed by atoms with Crippen molar-refractivity contribution in [1.82, 2.24) is 5.32 Å². The number of nitrogens with zero attached hydrogens (tertiary/aromatic N) is 1. The zero-order chi connectivity index (χ0) is 29.1. The van der Waals surface area contributed by atoms with Gasteiger partial charge in [-0.05, 0) is 60.5 Å². The van der Waals surface area contributed by atoms with Gasteiger partial charge in [0.2, 0.25) is 0 Å². The van der Waals surface area contributed by atoms with E-state index < -0.39 is 24.3 Å². The first-order chi connectivity index (χ1) is 19.0. The van der Waals surface area contributed by atoms with E-state index in [1.807, 2.05) is 18.2 Å². The van der Waals surface area contributed by atoms with Crippen LogP contribution in [0.4, 0.5) is 29.3 Å². The average Bonchev–Trinajstić information content (AvgIpc) is 2.94. The van der Waals surface area contributed by atoms with Crippen LogP contribution >= 0.6 is 15.9 Å². The molecule has 0 saturated carbocycles. The van der Waals surface area contributed by atoms with E-state index in [1.54, 1.807) is 24.3 Å². The number of halogens is 4. The fourth-order valence-electron chi connectivity index (χ4n) is 3.38. The lowest BCUT2D eigenvalue weighted by atomic mass is 10.1. The van der Waals surface area contributed by atoms with Crippen molar-refractivity contribution in [1.29, 1.82) is 0 Å². The predicted molar refractivity (Wildman–Crippen MR) is 145 cm³/mol. The smallest absolute Gasteiger partial charge is 0.491 e. The minimum absolute atomic E-state index is 0.0686. The minimum Gasteiger partial charge on any atom is -0.491 e. The number of benzene rings is 3. The van der Waals surface area contributed by atoms with E-state index in [4.69, 9.17) is 4.74 Å². The van der Waals surface area contributed by atoms with Crippen LogP contribution < -0.4 is 20.4 Å². The van der Waals surface area contributed by atoms with E-state index in [0.717, 1.165) is 5.56 Å². The zero-order valence-electron chi connectivity index (χ0n) is 21.0. The van der Waals surface area contributed by atoms with E-state index in [9.17, 15) is 33.0 Å². The highest BCUT2D eigenvalue weighted by Crippen LogP contribution is 2.24. The molecule has 2 atom stereocenters. The van der Waals surface area contributed by atoms with Crippen LogP contribution in [0, 0.1) is 0 Å². The largest absolute Gasteiger partial charge is 0.493 e. The molecule has 0 saturated heterocycles. The number of hydrogen-bond acceptors (Lipinski definition) is 7. The SMILES string of the molecule is O=C(Nc1ccc(C[C@@H](CO)NC[C@H](O)COc2ccccc2)cc1)N(OC(=O)C(F)(F)F)c1ccc(Br)cc1. The molecule has 0 aromatic heterocycles. The molecular formula is C27H27BrF3N3O6. The molecule has 3 aromatic carbocycles. The summed E-state index contributed by atoms with van der Waals surface area (Å²) in [5.41, 5.74) is 0.886. The monoisotopic (exact) mass is 625 g/mol. The van der Waals surface area contributed by atoms with Gasteiger partial charge in [0.05, 0.1) is 12.3 Å². The Morgan fingerprint density at radius 1 is 0.975 bits per heavy atom. The molecule has 0 heterocycles. The second-order valence-corrected chi connectivity index (χ2v) is 9.46. The van der Waals surface area contributed by atoms with Crippen molar-refractivity contribution in [2.45, 2.75) is 24.7 Å². The molecule has 0 bridgehead atoms. The van der Waals surface area contributed by atoms with Crippen molar-refractivity contribution in [3.05, 3.63) is 88.9 Å². The highest BCUT2D eigenvalue weighted by Gasteiger charge is 2.43. The standard InChI is InChI=1S/C27H27BrF3N3O6/c28-19-8-12-22(13-9-19)34(40-25(37)27(29,30)31)26(38)33-20-10-6-18(7-11-20)14-21(16-35)32-15-23(36)17-39-24-4-2-1-3-5-24/h1-13,21,23,32,35-36H,14-17H2,(H,33,38)/t21-,23-/m0/s1. The van der Waals surface area contributed by atoms with E-state index in [-0.39, 0.29) is 42.2 Å². The van der Waals surface area contributed by atoms with Gasteiger partial charge in [-0.25, -0.2) is 9.59 Å². The first-order valence-corrected chi connectivity index (χ1v) is 12.8. The van der Waals surface area contributed by atoms with E-state index in [2.05, 4.69) is 31.4 Å². The number of anilines is 2. The van der Waals surface area contributed by atoms with Gasteiger partial charge in [-0.2, -0.15) is 13.2 Å². The number of ether oxygens (including phenoxy) is 1. The van der Waals surface area contributed by atoms with E-state index in [0.29, 0.717) is 16.6 Å². The first kappa shape index (κ1) is 30.9. The van der Waals surface area contributed by atoms with E-state index >= 15 is 0 Å². The summed E-state index contributed by atoms with van der Waals surface area (Å²) >= 11 is 3.18. The summed E-state index contributed by atoms with van der Waals surface area (Å²) in [7, 11) is 0. The van der Waals surface area contributed by atoms with Crippen LogP contribution in [0.15, 0.2) is 83.3 Å². The van der Waals surface area contributed by atoms with Crippen molar-refractivity contribution >= 4 is 39.3 Å². The fourth-order valence-corrected chi connectivity index (χ4v) is 3.64. The van der Waals surface area contributed by atoms with Crippen LogP contribution in [0.1, 0.15) is 5.56 Å². The summed E-state index contributed by atoms with van der Waals surface area (Å²) in [6, 6.07) is 19.4. The molecule has 0 aliphatic carbocycles. The van der Waals surface area contributed by atoms with Crippen molar-refractivity contribution in [2.24, 2.45) is 0 Å². The van der Waals surface area contributed by atoms with Gasteiger partial charge < -0.3 is 30.4 Å². The number of alkyl halides is 3.